The Morgan fingerprint density at radius 3 is 2.10 bits per heavy atom. The molecule has 1 aromatic rings. The molecule has 0 aromatic heterocycles. The number of carbonyl (C=O) groups is 3. The quantitative estimate of drug-likeness (QED) is 0.544. The van der Waals surface area contributed by atoms with Gasteiger partial charge in [-0.05, 0) is 64.7 Å². The number of carbonyl (C=O) groups excluding carboxylic acids is 3. The zero-order valence-corrected chi connectivity index (χ0v) is 18.2. The summed E-state index contributed by atoms with van der Waals surface area (Å²) in [5.74, 6) is 0.198. The maximum atomic E-state index is 11.9. The number of hydrogen-bond donors (Lipinski definition) is 3. The molecule has 162 valence electrons. The summed E-state index contributed by atoms with van der Waals surface area (Å²) >= 11 is 0. The standard InChI is InChI=1S/C21H33N3O5/c1-14-8-9-15(2)19(16(14)3)28-13-18(26)23-11-7-10-22-17(25)12-24-20(27)29-21(4,5)6/h8-9H,7,10-13H2,1-6H3,(H,22,25)(H,23,26)(H,24,27). The molecule has 0 bridgehead atoms. The molecule has 0 radical (unpaired) electrons. The highest BCUT2D eigenvalue weighted by atomic mass is 16.6. The van der Waals surface area contributed by atoms with Crippen LogP contribution >= 0.6 is 0 Å². The number of amides is 3. The number of hydrogen-bond acceptors (Lipinski definition) is 5. The fourth-order valence-corrected chi connectivity index (χ4v) is 2.41. The van der Waals surface area contributed by atoms with Crippen LogP contribution in [-0.2, 0) is 14.3 Å². The predicted molar refractivity (Wildman–Crippen MR) is 111 cm³/mol. The van der Waals surface area contributed by atoms with E-state index in [1.807, 2.05) is 32.9 Å². The summed E-state index contributed by atoms with van der Waals surface area (Å²) in [7, 11) is 0. The maximum absolute atomic E-state index is 11.9. The van der Waals surface area contributed by atoms with Crippen LogP contribution in [0.25, 0.3) is 0 Å². The summed E-state index contributed by atoms with van der Waals surface area (Å²) < 4.78 is 10.7. The molecule has 0 aliphatic carbocycles. The molecule has 8 heteroatoms. The van der Waals surface area contributed by atoms with Crippen molar-refractivity contribution in [3.63, 3.8) is 0 Å². The van der Waals surface area contributed by atoms with Gasteiger partial charge in [0.25, 0.3) is 5.91 Å². The largest absolute Gasteiger partial charge is 0.483 e. The molecule has 8 nitrogen and oxygen atoms in total. The van der Waals surface area contributed by atoms with E-state index in [2.05, 4.69) is 16.0 Å². The van der Waals surface area contributed by atoms with Crippen molar-refractivity contribution < 1.29 is 23.9 Å². The van der Waals surface area contributed by atoms with E-state index in [0.717, 1.165) is 22.4 Å². The predicted octanol–water partition coefficient (Wildman–Crippen LogP) is 2.14. The summed E-state index contributed by atoms with van der Waals surface area (Å²) in [5.41, 5.74) is 2.52. The Morgan fingerprint density at radius 2 is 1.48 bits per heavy atom. The molecular weight excluding hydrogens is 374 g/mol. The van der Waals surface area contributed by atoms with Gasteiger partial charge in [0.05, 0.1) is 6.54 Å². The van der Waals surface area contributed by atoms with Crippen LogP contribution in [0.1, 0.15) is 43.9 Å². The molecule has 1 aromatic carbocycles. The molecule has 0 fully saturated rings. The molecule has 0 unspecified atom stereocenters. The van der Waals surface area contributed by atoms with Gasteiger partial charge in [0.1, 0.15) is 11.4 Å². The Kier molecular flexibility index (Phi) is 9.44. The second-order valence-corrected chi connectivity index (χ2v) is 7.85. The Labute approximate surface area is 172 Å². The van der Waals surface area contributed by atoms with E-state index in [0.29, 0.717) is 19.5 Å². The van der Waals surface area contributed by atoms with Gasteiger partial charge in [-0.3, -0.25) is 9.59 Å². The molecule has 0 saturated heterocycles. The molecule has 0 atom stereocenters. The second-order valence-electron chi connectivity index (χ2n) is 7.85. The molecule has 1 rings (SSSR count). The summed E-state index contributed by atoms with van der Waals surface area (Å²) in [6.07, 6.45) is -0.0779. The highest BCUT2D eigenvalue weighted by molar-refractivity contribution is 5.82. The van der Waals surface area contributed by atoms with Crippen molar-refractivity contribution in [1.82, 2.24) is 16.0 Å². The zero-order valence-electron chi connectivity index (χ0n) is 18.2. The minimum absolute atomic E-state index is 0.0582. The van der Waals surface area contributed by atoms with Gasteiger partial charge in [-0.15, -0.1) is 0 Å². The Morgan fingerprint density at radius 1 is 0.897 bits per heavy atom. The first-order valence-corrected chi connectivity index (χ1v) is 9.69. The molecule has 0 saturated carbocycles. The average molecular weight is 408 g/mol. The second kappa shape index (κ2) is 11.3. The Balaban J connectivity index is 2.17. The summed E-state index contributed by atoms with van der Waals surface area (Å²) in [4.78, 5) is 35.1. The molecule has 0 aliphatic rings. The topological polar surface area (TPSA) is 106 Å². The first kappa shape index (κ1) is 24.3. The van der Waals surface area contributed by atoms with Crippen LogP contribution in [0, 0.1) is 20.8 Å². The van der Waals surface area contributed by atoms with E-state index >= 15 is 0 Å². The van der Waals surface area contributed by atoms with E-state index in [1.54, 1.807) is 20.8 Å². The minimum atomic E-state index is -0.640. The number of aryl methyl sites for hydroxylation is 2. The number of nitrogens with one attached hydrogen (secondary N) is 3. The summed E-state index contributed by atoms with van der Waals surface area (Å²) in [5, 5.41) is 7.80. The van der Waals surface area contributed by atoms with Crippen LogP contribution in [0.4, 0.5) is 4.79 Å². The van der Waals surface area contributed by atoms with Crippen LogP contribution in [0.2, 0.25) is 0 Å². The monoisotopic (exact) mass is 407 g/mol. The van der Waals surface area contributed by atoms with Gasteiger partial charge < -0.3 is 25.4 Å². The number of alkyl carbamates (subject to hydrolysis) is 1. The fourth-order valence-electron chi connectivity index (χ4n) is 2.41. The molecule has 0 spiro atoms. The van der Waals surface area contributed by atoms with E-state index < -0.39 is 11.7 Å². The SMILES string of the molecule is Cc1ccc(C)c(OCC(=O)NCCCNC(=O)CNC(=O)OC(C)(C)C)c1C. The van der Waals surface area contributed by atoms with Gasteiger partial charge in [-0.2, -0.15) is 0 Å². The third-order valence-corrected chi connectivity index (χ3v) is 4.01. The smallest absolute Gasteiger partial charge is 0.408 e. The first-order valence-electron chi connectivity index (χ1n) is 9.69. The molecule has 0 heterocycles. The van der Waals surface area contributed by atoms with Crippen molar-refractivity contribution >= 4 is 17.9 Å². The van der Waals surface area contributed by atoms with E-state index in [1.165, 1.54) is 0 Å². The van der Waals surface area contributed by atoms with E-state index in [-0.39, 0.29) is 25.0 Å². The molecule has 29 heavy (non-hydrogen) atoms. The number of rotatable bonds is 9. The van der Waals surface area contributed by atoms with E-state index in [9.17, 15) is 14.4 Å². The Bertz CT molecular complexity index is 726. The number of ether oxygens (including phenoxy) is 2. The van der Waals surface area contributed by atoms with Gasteiger partial charge in [0.2, 0.25) is 5.91 Å². The molecular formula is C21H33N3O5. The lowest BCUT2D eigenvalue weighted by Crippen LogP contribution is -2.40. The maximum Gasteiger partial charge on any atom is 0.408 e. The third kappa shape index (κ3) is 9.82. The number of benzene rings is 1. The highest BCUT2D eigenvalue weighted by Crippen LogP contribution is 2.25. The van der Waals surface area contributed by atoms with Crippen LogP contribution < -0.4 is 20.7 Å². The third-order valence-electron chi connectivity index (χ3n) is 4.01. The molecule has 3 N–H and O–H groups in total. The summed E-state index contributed by atoms with van der Waals surface area (Å²) in [6.45, 7) is 11.7. The van der Waals surface area contributed by atoms with Crippen LogP contribution in [0.15, 0.2) is 12.1 Å². The Hall–Kier alpha value is -2.77. The van der Waals surface area contributed by atoms with Crippen molar-refractivity contribution in [2.75, 3.05) is 26.2 Å². The van der Waals surface area contributed by atoms with Gasteiger partial charge in [-0.25, -0.2) is 4.79 Å². The van der Waals surface area contributed by atoms with Gasteiger partial charge in [-0.1, -0.05) is 12.1 Å². The first-order chi connectivity index (χ1) is 13.5. The fraction of sp³-hybridized carbons (Fsp3) is 0.571. The molecule has 0 aliphatic heterocycles. The average Bonchev–Trinajstić information content (AvgIpc) is 2.61. The lowest BCUT2D eigenvalue weighted by atomic mass is 10.1. The van der Waals surface area contributed by atoms with Crippen molar-refractivity contribution in [2.45, 2.75) is 53.6 Å². The van der Waals surface area contributed by atoms with Crippen LogP contribution in [0.3, 0.4) is 0 Å². The van der Waals surface area contributed by atoms with Crippen LogP contribution in [0.5, 0.6) is 5.75 Å². The van der Waals surface area contributed by atoms with Crippen molar-refractivity contribution in [3.05, 3.63) is 28.8 Å². The van der Waals surface area contributed by atoms with Gasteiger partial charge in [0, 0.05) is 13.1 Å². The van der Waals surface area contributed by atoms with E-state index in [4.69, 9.17) is 9.47 Å². The normalized spacial score (nSPS) is 10.8. The minimum Gasteiger partial charge on any atom is -0.483 e. The lowest BCUT2D eigenvalue weighted by Gasteiger charge is -2.19. The molecule has 3 amide bonds. The van der Waals surface area contributed by atoms with Crippen LogP contribution in [-0.4, -0.2) is 49.7 Å². The van der Waals surface area contributed by atoms with Crippen molar-refractivity contribution in [1.29, 1.82) is 0 Å². The van der Waals surface area contributed by atoms with Gasteiger partial charge >= 0.3 is 6.09 Å². The van der Waals surface area contributed by atoms with Crippen molar-refractivity contribution in [2.24, 2.45) is 0 Å². The van der Waals surface area contributed by atoms with Crippen molar-refractivity contribution in [3.8, 4) is 5.75 Å². The van der Waals surface area contributed by atoms with Gasteiger partial charge in [0.15, 0.2) is 6.61 Å². The highest BCUT2D eigenvalue weighted by Gasteiger charge is 2.16. The summed E-state index contributed by atoms with van der Waals surface area (Å²) in [6, 6.07) is 3.99. The zero-order chi connectivity index (χ0) is 22.0. The lowest BCUT2D eigenvalue weighted by molar-refractivity contribution is -0.123.